The normalized spacial score (nSPS) is 20.8. The highest BCUT2D eigenvalue weighted by molar-refractivity contribution is 14.0. The highest BCUT2D eigenvalue weighted by Crippen LogP contribution is 2.15. The summed E-state index contributed by atoms with van der Waals surface area (Å²) >= 11 is 0. The number of benzene rings is 1. The van der Waals surface area contributed by atoms with E-state index in [4.69, 9.17) is 9.73 Å². The molecule has 0 radical (unpaired) electrons. The van der Waals surface area contributed by atoms with E-state index in [9.17, 15) is 0 Å². The van der Waals surface area contributed by atoms with Gasteiger partial charge < -0.3 is 20.3 Å². The van der Waals surface area contributed by atoms with Crippen LogP contribution < -0.4 is 10.6 Å². The highest BCUT2D eigenvalue weighted by Gasteiger charge is 2.15. The van der Waals surface area contributed by atoms with Crippen LogP contribution in [0.15, 0.2) is 29.3 Å². The quantitative estimate of drug-likeness (QED) is 0.217. The number of piperidine rings is 1. The average Bonchev–Trinajstić information content (AvgIpc) is 2.76. The van der Waals surface area contributed by atoms with Crippen molar-refractivity contribution in [2.24, 2.45) is 10.9 Å². The zero-order valence-electron chi connectivity index (χ0n) is 19.4. The van der Waals surface area contributed by atoms with E-state index in [1.165, 1.54) is 43.6 Å². The van der Waals surface area contributed by atoms with Gasteiger partial charge in [-0.3, -0.25) is 4.90 Å². The van der Waals surface area contributed by atoms with Gasteiger partial charge >= 0.3 is 0 Å². The van der Waals surface area contributed by atoms with Gasteiger partial charge in [0.25, 0.3) is 0 Å². The minimum Gasteiger partial charge on any atom is -0.379 e. The van der Waals surface area contributed by atoms with Crippen LogP contribution in [-0.2, 0) is 17.8 Å². The van der Waals surface area contributed by atoms with E-state index in [-0.39, 0.29) is 24.0 Å². The number of guanidine groups is 1. The van der Waals surface area contributed by atoms with E-state index in [2.05, 4.69) is 58.5 Å². The molecule has 6 nitrogen and oxygen atoms in total. The summed E-state index contributed by atoms with van der Waals surface area (Å²) in [6.07, 6.45) is 3.90. The van der Waals surface area contributed by atoms with Gasteiger partial charge in [0.05, 0.1) is 19.8 Å². The lowest BCUT2D eigenvalue weighted by Crippen LogP contribution is -2.40. The number of hydrogen-bond donors (Lipinski definition) is 2. The number of ether oxygens (including phenoxy) is 1. The van der Waals surface area contributed by atoms with Crippen molar-refractivity contribution < 1.29 is 4.74 Å². The first-order valence-corrected chi connectivity index (χ1v) is 11.9. The summed E-state index contributed by atoms with van der Waals surface area (Å²) in [5.41, 5.74) is 2.68. The zero-order chi connectivity index (χ0) is 21.0. The molecule has 1 aromatic rings. The van der Waals surface area contributed by atoms with E-state index < -0.39 is 0 Å². The van der Waals surface area contributed by atoms with Gasteiger partial charge in [0.1, 0.15) is 0 Å². The van der Waals surface area contributed by atoms with E-state index in [0.717, 1.165) is 64.2 Å². The topological polar surface area (TPSA) is 52.1 Å². The molecule has 3 rings (SSSR count). The van der Waals surface area contributed by atoms with Gasteiger partial charge in [0.2, 0.25) is 0 Å². The van der Waals surface area contributed by atoms with Crippen molar-refractivity contribution in [1.29, 1.82) is 0 Å². The van der Waals surface area contributed by atoms with Gasteiger partial charge in [-0.05, 0) is 56.3 Å². The van der Waals surface area contributed by atoms with Gasteiger partial charge in [-0.25, -0.2) is 4.99 Å². The van der Waals surface area contributed by atoms with E-state index in [1.807, 2.05) is 0 Å². The molecule has 1 unspecified atom stereocenters. The van der Waals surface area contributed by atoms with Crippen LogP contribution in [0.3, 0.4) is 0 Å². The maximum Gasteiger partial charge on any atom is 0.191 e. The lowest BCUT2D eigenvalue weighted by Gasteiger charge is -2.30. The molecule has 1 aromatic carbocycles. The molecule has 0 spiro atoms. The molecule has 2 heterocycles. The van der Waals surface area contributed by atoms with Crippen LogP contribution in [0.25, 0.3) is 0 Å². The van der Waals surface area contributed by atoms with Crippen LogP contribution in [0.2, 0.25) is 0 Å². The molecule has 1 atom stereocenters. The molecule has 2 saturated heterocycles. The Morgan fingerprint density at radius 2 is 1.87 bits per heavy atom. The van der Waals surface area contributed by atoms with E-state index in [1.54, 1.807) is 0 Å². The second-order valence-electron chi connectivity index (χ2n) is 8.68. The SMILES string of the molecule is CCNC(=NCc1ccccc1CN1CCOCC1)NCCCN1CCCC(C)C1.I. The Balaban J connectivity index is 0.00000341. The Labute approximate surface area is 206 Å². The van der Waals surface area contributed by atoms with Crippen LogP contribution in [0.4, 0.5) is 0 Å². The number of aliphatic imine (C=N–C) groups is 1. The summed E-state index contributed by atoms with van der Waals surface area (Å²) in [4.78, 5) is 9.95. The van der Waals surface area contributed by atoms with Crippen molar-refractivity contribution >= 4 is 29.9 Å². The van der Waals surface area contributed by atoms with Gasteiger partial charge in [-0.2, -0.15) is 0 Å². The van der Waals surface area contributed by atoms with Gasteiger partial charge in [-0.15, -0.1) is 24.0 Å². The summed E-state index contributed by atoms with van der Waals surface area (Å²) in [6.45, 7) is 15.4. The smallest absolute Gasteiger partial charge is 0.191 e. The number of likely N-dealkylation sites (tertiary alicyclic amines) is 1. The summed E-state index contributed by atoms with van der Waals surface area (Å²) < 4.78 is 5.48. The molecule has 0 aliphatic carbocycles. The van der Waals surface area contributed by atoms with Crippen LogP contribution >= 0.6 is 24.0 Å². The molecule has 176 valence electrons. The molecule has 2 fully saturated rings. The molecule has 7 heteroatoms. The van der Waals surface area contributed by atoms with Crippen molar-refractivity contribution in [1.82, 2.24) is 20.4 Å². The molecule has 2 aliphatic rings. The molecular weight excluding hydrogens is 501 g/mol. The Hall–Kier alpha value is -0.900. The fourth-order valence-electron chi connectivity index (χ4n) is 4.37. The first-order valence-electron chi connectivity index (χ1n) is 11.9. The number of hydrogen-bond acceptors (Lipinski definition) is 4. The maximum atomic E-state index is 5.48. The van der Waals surface area contributed by atoms with E-state index >= 15 is 0 Å². The van der Waals surface area contributed by atoms with Crippen LogP contribution in [-0.4, -0.2) is 74.8 Å². The number of rotatable bonds is 9. The Bertz CT molecular complexity index is 651. The largest absolute Gasteiger partial charge is 0.379 e. The first-order chi connectivity index (χ1) is 14.7. The number of morpholine rings is 1. The molecule has 31 heavy (non-hydrogen) atoms. The molecular formula is C24H42IN5O. The number of halogens is 1. The fourth-order valence-corrected chi connectivity index (χ4v) is 4.37. The number of nitrogens with zero attached hydrogens (tertiary/aromatic N) is 3. The lowest BCUT2D eigenvalue weighted by atomic mass is 10.0. The van der Waals surface area contributed by atoms with Crippen molar-refractivity contribution in [3.8, 4) is 0 Å². The molecule has 2 N–H and O–H groups in total. The molecule has 2 aliphatic heterocycles. The Morgan fingerprint density at radius 3 is 2.61 bits per heavy atom. The molecule has 0 aromatic heterocycles. The molecule has 0 amide bonds. The Kier molecular flexibility index (Phi) is 12.8. The minimum absolute atomic E-state index is 0. The summed E-state index contributed by atoms with van der Waals surface area (Å²) in [6, 6.07) is 8.70. The van der Waals surface area contributed by atoms with Gasteiger partial charge in [-0.1, -0.05) is 31.2 Å². The monoisotopic (exact) mass is 543 g/mol. The summed E-state index contributed by atoms with van der Waals surface area (Å²) in [5, 5.41) is 6.93. The number of nitrogens with one attached hydrogen (secondary N) is 2. The second-order valence-corrected chi connectivity index (χ2v) is 8.68. The van der Waals surface area contributed by atoms with Crippen molar-refractivity contribution in [3.05, 3.63) is 35.4 Å². The minimum atomic E-state index is 0. The molecule has 0 bridgehead atoms. The predicted octanol–water partition coefficient (Wildman–Crippen LogP) is 3.31. The standard InChI is InChI=1S/C24H41N5O.HI/c1-3-25-24(26-11-7-13-28-12-6-8-21(2)19-28)27-18-22-9-4-5-10-23(22)20-29-14-16-30-17-15-29;/h4-5,9-10,21H,3,6-8,11-20H2,1-2H3,(H2,25,26,27);1H. The van der Waals surface area contributed by atoms with Gasteiger partial charge in [0, 0.05) is 39.3 Å². The van der Waals surface area contributed by atoms with Gasteiger partial charge in [0.15, 0.2) is 5.96 Å². The third kappa shape index (κ3) is 9.63. The lowest BCUT2D eigenvalue weighted by molar-refractivity contribution is 0.0341. The summed E-state index contributed by atoms with van der Waals surface area (Å²) in [7, 11) is 0. The first kappa shape index (κ1) is 26.4. The van der Waals surface area contributed by atoms with Crippen LogP contribution in [0.1, 0.15) is 44.2 Å². The fraction of sp³-hybridized carbons (Fsp3) is 0.708. The van der Waals surface area contributed by atoms with Crippen LogP contribution in [0.5, 0.6) is 0 Å². The van der Waals surface area contributed by atoms with Crippen molar-refractivity contribution in [2.75, 3.05) is 59.0 Å². The molecule has 0 saturated carbocycles. The van der Waals surface area contributed by atoms with Crippen molar-refractivity contribution in [2.45, 2.75) is 46.2 Å². The third-order valence-electron chi connectivity index (χ3n) is 6.05. The van der Waals surface area contributed by atoms with Crippen LogP contribution in [0, 0.1) is 5.92 Å². The summed E-state index contributed by atoms with van der Waals surface area (Å²) in [5.74, 6) is 1.77. The van der Waals surface area contributed by atoms with E-state index in [0.29, 0.717) is 6.54 Å². The maximum absolute atomic E-state index is 5.48. The third-order valence-corrected chi connectivity index (χ3v) is 6.05. The Morgan fingerprint density at radius 1 is 1.10 bits per heavy atom. The predicted molar refractivity (Wildman–Crippen MR) is 140 cm³/mol. The average molecular weight is 544 g/mol. The zero-order valence-corrected chi connectivity index (χ0v) is 21.8. The second kappa shape index (κ2) is 15.0. The highest BCUT2D eigenvalue weighted by atomic mass is 127. The van der Waals surface area contributed by atoms with Crippen molar-refractivity contribution in [3.63, 3.8) is 0 Å².